The van der Waals surface area contributed by atoms with Gasteiger partial charge < -0.3 is 4.90 Å². The van der Waals surface area contributed by atoms with Crippen molar-refractivity contribution in [3.05, 3.63) is 18.1 Å². The zero-order chi connectivity index (χ0) is 16.9. The fraction of sp³-hybridized carbons (Fsp3) is 0.733. The van der Waals surface area contributed by atoms with E-state index in [1.165, 1.54) is 0 Å². The van der Waals surface area contributed by atoms with Crippen LogP contribution >= 0.6 is 0 Å². The van der Waals surface area contributed by atoms with Crippen molar-refractivity contribution in [3.63, 3.8) is 0 Å². The molecule has 1 aliphatic heterocycles. The van der Waals surface area contributed by atoms with E-state index in [0.29, 0.717) is 6.54 Å². The van der Waals surface area contributed by atoms with Gasteiger partial charge in [-0.3, -0.25) is 4.90 Å². The van der Waals surface area contributed by atoms with Crippen LogP contribution in [0.1, 0.15) is 26.5 Å². The topological polar surface area (TPSA) is 78.4 Å². The van der Waals surface area contributed by atoms with Crippen LogP contribution in [0.3, 0.4) is 0 Å². The Morgan fingerprint density at radius 1 is 1.22 bits per heavy atom. The maximum atomic E-state index is 11.5. The van der Waals surface area contributed by atoms with Gasteiger partial charge in [-0.25, -0.2) is 23.1 Å². The third kappa shape index (κ3) is 5.12. The summed E-state index contributed by atoms with van der Waals surface area (Å²) in [5, 5.41) is 0. The number of aromatic nitrogens is 2. The first-order chi connectivity index (χ1) is 10.9. The minimum Gasteiger partial charge on any atom is -0.354 e. The lowest BCUT2D eigenvalue weighted by atomic mass is 10.2. The van der Waals surface area contributed by atoms with Gasteiger partial charge in [0.1, 0.15) is 12.1 Å². The molecule has 1 atom stereocenters. The summed E-state index contributed by atoms with van der Waals surface area (Å²) < 4.78 is 25.7. The summed E-state index contributed by atoms with van der Waals surface area (Å²) in [7, 11) is -3.12. The molecule has 1 aromatic heterocycles. The zero-order valence-electron chi connectivity index (χ0n) is 14.2. The Balaban J connectivity index is 1.85. The fourth-order valence-electron chi connectivity index (χ4n) is 2.62. The lowest BCUT2D eigenvalue weighted by molar-refractivity contribution is 0.198. The Bertz CT molecular complexity index is 600. The molecule has 1 N–H and O–H groups in total. The SMILES string of the molecule is CCc1cc(N2CCN([C@H](C)CNS(=O)(=O)CC)CC2)ncn1. The molecule has 23 heavy (non-hydrogen) atoms. The van der Waals surface area contributed by atoms with Crippen LogP contribution in [-0.2, 0) is 16.4 Å². The monoisotopic (exact) mass is 341 g/mol. The Morgan fingerprint density at radius 3 is 2.52 bits per heavy atom. The van der Waals surface area contributed by atoms with Gasteiger partial charge in [0.05, 0.1) is 5.75 Å². The number of sulfonamides is 1. The van der Waals surface area contributed by atoms with Crippen molar-refractivity contribution in [3.8, 4) is 0 Å². The fourth-order valence-corrected chi connectivity index (χ4v) is 3.32. The summed E-state index contributed by atoms with van der Waals surface area (Å²) in [5.74, 6) is 1.11. The van der Waals surface area contributed by atoms with Gasteiger partial charge in [-0.15, -0.1) is 0 Å². The van der Waals surface area contributed by atoms with Crippen molar-refractivity contribution >= 4 is 15.8 Å². The molecule has 2 heterocycles. The Labute approximate surface area is 139 Å². The van der Waals surface area contributed by atoms with E-state index in [-0.39, 0.29) is 11.8 Å². The van der Waals surface area contributed by atoms with Gasteiger partial charge in [0.2, 0.25) is 10.0 Å². The minimum absolute atomic E-state index is 0.126. The highest BCUT2D eigenvalue weighted by Crippen LogP contribution is 2.15. The van der Waals surface area contributed by atoms with Crippen LogP contribution in [0.2, 0.25) is 0 Å². The summed E-state index contributed by atoms with van der Waals surface area (Å²) in [6.45, 7) is 9.86. The number of anilines is 1. The average Bonchev–Trinajstić information content (AvgIpc) is 2.60. The van der Waals surface area contributed by atoms with E-state index < -0.39 is 10.0 Å². The first-order valence-corrected chi connectivity index (χ1v) is 9.87. The number of hydrogen-bond acceptors (Lipinski definition) is 6. The van der Waals surface area contributed by atoms with Crippen LogP contribution in [0.15, 0.2) is 12.4 Å². The van der Waals surface area contributed by atoms with Gasteiger partial charge in [0, 0.05) is 50.5 Å². The van der Waals surface area contributed by atoms with E-state index in [9.17, 15) is 8.42 Å². The van der Waals surface area contributed by atoms with Crippen LogP contribution < -0.4 is 9.62 Å². The van der Waals surface area contributed by atoms with Gasteiger partial charge in [-0.1, -0.05) is 6.92 Å². The van der Waals surface area contributed by atoms with Crippen molar-refractivity contribution in [1.29, 1.82) is 0 Å². The summed E-state index contributed by atoms with van der Waals surface area (Å²) in [5.41, 5.74) is 1.06. The first kappa shape index (κ1) is 18.1. The zero-order valence-corrected chi connectivity index (χ0v) is 15.0. The molecular formula is C15H27N5O2S. The smallest absolute Gasteiger partial charge is 0.211 e. The van der Waals surface area contributed by atoms with E-state index in [4.69, 9.17) is 0 Å². The van der Waals surface area contributed by atoms with Gasteiger partial charge in [-0.05, 0) is 20.3 Å². The van der Waals surface area contributed by atoms with Crippen LogP contribution in [-0.4, -0.2) is 67.8 Å². The molecule has 1 fully saturated rings. The highest BCUT2D eigenvalue weighted by Gasteiger charge is 2.22. The van der Waals surface area contributed by atoms with Crippen molar-refractivity contribution in [2.45, 2.75) is 33.2 Å². The standard InChI is InChI=1S/C15H27N5O2S/c1-4-14-10-15(17-12-16-14)20-8-6-19(7-9-20)13(3)11-18-23(21,22)5-2/h10,12-13,18H,4-9,11H2,1-3H3/t13-/m1/s1. The maximum absolute atomic E-state index is 11.5. The van der Waals surface area contributed by atoms with Crippen LogP contribution in [0.5, 0.6) is 0 Å². The highest BCUT2D eigenvalue weighted by molar-refractivity contribution is 7.89. The molecule has 0 saturated carbocycles. The lowest BCUT2D eigenvalue weighted by Crippen LogP contribution is -2.52. The molecule has 7 nitrogen and oxygen atoms in total. The molecule has 8 heteroatoms. The predicted molar refractivity (Wildman–Crippen MR) is 92.1 cm³/mol. The molecule has 0 spiro atoms. The van der Waals surface area contributed by atoms with Gasteiger partial charge >= 0.3 is 0 Å². The third-order valence-electron chi connectivity index (χ3n) is 4.31. The Kier molecular flexibility index (Phi) is 6.32. The lowest BCUT2D eigenvalue weighted by Gasteiger charge is -2.38. The molecule has 0 unspecified atom stereocenters. The van der Waals surface area contributed by atoms with Crippen molar-refractivity contribution in [2.75, 3.05) is 43.4 Å². The number of piperazine rings is 1. The summed E-state index contributed by atoms with van der Waals surface area (Å²) in [4.78, 5) is 13.2. The minimum atomic E-state index is -3.12. The Hall–Kier alpha value is -1.25. The molecular weight excluding hydrogens is 314 g/mol. The maximum Gasteiger partial charge on any atom is 0.211 e. The molecule has 0 aromatic carbocycles. The van der Waals surface area contributed by atoms with Gasteiger partial charge in [-0.2, -0.15) is 0 Å². The predicted octanol–water partition coefficient (Wildman–Crippen LogP) is 0.489. The summed E-state index contributed by atoms with van der Waals surface area (Å²) in [6.07, 6.45) is 2.53. The van der Waals surface area contributed by atoms with Gasteiger partial charge in [0.15, 0.2) is 0 Å². The number of aryl methyl sites for hydroxylation is 1. The second kappa shape index (κ2) is 8.03. The number of nitrogens with zero attached hydrogens (tertiary/aromatic N) is 4. The third-order valence-corrected chi connectivity index (χ3v) is 5.68. The van der Waals surface area contributed by atoms with Crippen LogP contribution in [0.25, 0.3) is 0 Å². The molecule has 0 radical (unpaired) electrons. The van der Waals surface area contributed by atoms with E-state index in [1.807, 2.05) is 0 Å². The largest absolute Gasteiger partial charge is 0.354 e. The molecule has 0 amide bonds. The quantitative estimate of drug-likeness (QED) is 0.778. The normalized spacial score (nSPS) is 18.1. The van der Waals surface area contributed by atoms with E-state index >= 15 is 0 Å². The molecule has 0 bridgehead atoms. The average molecular weight is 341 g/mol. The first-order valence-electron chi connectivity index (χ1n) is 8.22. The Morgan fingerprint density at radius 2 is 1.91 bits per heavy atom. The van der Waals surface area contributed by atoms with Crippen molar-refractivity contribution < 1.29 is 8.42 Å². The van der Waals surface area contributed by atoms with Crippen molar-refractivity contribution in [1.82, 2.24) is 19.6 Å². The molecule has 1 aromatic rings. The van der Waals surface area contributed by atoms with E-state index in [2.05, 4.69) is 44.4 Å². The van der Waals surface area contributed by atoms with Crippen LogP contribution in [0, 0.1) is 0 Å². The van der Waals surface area contributed by atoms with Crippen molar-refractivity contribution in [2.24, 2.45) is 0 Å². The summed E-state index contributed by atoms with van der Waals surface area (Å²) >= 11 is 0. The number of nitrogens with one attached hydrogen (secondary N) is 1. The molecule has 130 valence electrons. The highest BCUT2D eigenvalue weighted by atomic mass is 32.2. The number of rotatable bonds is 7. The molecule has 2 rings (SSSR count). The molecule has 1 aliphatic rings. The second-order valence-corrected chi connectivity index (χ2v) is 7.94. The number of hydrogen-bond donors (Lipinski definition) is 1. The van der Waals surface area contributed by atoms with E-state index in [1.54, 1.807) is 13.3 Å². The van der Waals surface area contributed by atoms with Gasteiger partial charge in [0.25, 0.3) is 0 Å². The van der Waals surface area contributed by atoms with E-state index in [0.717, 1.165) is 44.1 Å². The summed E-state index contributed by atoms with van der Waals surface area (Å²) in [6, 6.07) is 2.24. The molecule has 1 saturated heterocycles. The second-order valence-electron chi connectivity index (χ2n) is 5.85. The van der Waals surface area contributed by atoms with Crippen LogP contribution in [0.4, 0.5) is 5.82 Å². The molecule has 0 aliphatic carbocycles.